The monoisotopic (exact) mass is 405 g/mol. The summed E-state index contributed by atoms with van der Waals surface area (Å²) in [5, 5.41) is 0. The minimum absolute atomic E-state index is 0. The van der Waals surface area contributed by atoms with Crippen LogP contribution in [0.5, 0.6) is 0 Å². The van der Waals surface area contributed by atoms with Crippen LogP contribution in [-0.4, -0.2) is 23.1 Å². The van der Waals surface area contributed by atoms with Gasteiger partial charge in [0.15, 0.2) is 0 Å². The zero-order valence-corrected chi connectivity index (χ0v) is 14.8. The van der Waals surface area contributed by atoms with Gasteiger partial charge in [0.05, 0.1) is 0 Å². The maximum absolute atomic E-state index is 7.32. The summed E-state index contributed by atoms with van der Waals surface area (Å²) >= 11 is -3.18. The van der Waals surface area contributed by atoms with Gasteiger partial charge in [0, 0.05) is 0 Å². The Morgan fingerprint density at radius 2 is 0.714 bits per heavy atom. The molecule has 0 bridgehead atoms. The van der Waals surface area contributed by atoms with E-state index in [1.165, 1.54) is 10.5 Å². The Labute approximate surface area is 133 Å². The summed E-state index contributed by atoms with van der Waals surface area (Å²) in [6, 6.07) is 31.6. The molecule has 0 atom stereocenters. The third-order valence-corrected chi connectivity index (χ3v) is 15.9. The Bertz CT molecular complexity index is 575. The molecule has 21 heavy (non-hydrogen) atoms. The molecule has 0 unspecified atom stereocenters. The van der Waals surface area contributed by atoms with Gasteiger partial charge >= 0.3 is 128 Å². The molecule has 3 aromatic carbocycles. The second-order valence-electron chi connectivity index (χ2n) is 4.60. The van der Waals surface area contributed by atoms with Crippen molar-refractivity contribution < 1.29 is 5.48 Å². The molecule has 0 saturated carbocycles. The van der Waals surface area contributed by atoms with Crippen LogP contribution in [0.1, 0.15) is 0 Å². The van der Waals surface area contributed by atoms with E-state index in [0.717, 1.165) is 0 Å². The Kier molecular flexibility index (Phi) is 5.47. The fraction of sp³-hybridized carbons (Fsp3) is 0. The van der Waals surface area contributed by atoms with Crippen molar-refractivity contribution in [1.29, 1.82) is 0 Å². The molecule has 0 aromatic heterocycles. The number of rotatable bonds is 3. The summed E-state index contributed by atoms with van der Waals surface area (Å²) in [6.07, 6.45) is 0. The van der Waals surface area contributed by atoms with Gasteiger partial charge < -0.3 is 5.48 Å². The van der Waals surface area contributed by atoms with E-state index < -0.39 is 17.7 Å². The first-order chi connectivity index (χ1) is 9.82. The second-order valence-corrected chi connectivity index (χ2v) is 15.8. The summed E-state index contributed by atoms with van der Waals surface area (Å²) in [5.74, 6) is 0. The summed E-state index contributed by atoms with van der Waals surface area (Å²) in [7, 11) is 7.32. The average molecular weight is 407 g/mol. The van der Waals surface area contributed by atoms with E-state index in [1.54, 1.807) is 0 Å². The Hall–Kier alpha value is -1.27. The molecule has 2 N–H and O–H groups in total. The minimum atomic E-state index is -3.18. The number of hydrogen-bond donors (Lipinski definition) is 0. The molecule has 1 radical (unpaired) electrons. The van der Waals surface area contributed by atoms with Crippen molar-refractivity contribution in [1.82, 2.24) is 0 Å². The van der Waals surface area contributed by atoms with Gasteiger partial charge in [-0.05, 0) is 0 Å². The third kappa shape index (κ3) is 3.16. The van der Waals surface area contributed by atoms with Crippen LogP contribution < -0.4 is 10.5 Å². The molecule has 0 aliphatic heterocycles. The van der Waals surface area contributed by atoms with E-state index >= 15 is 0 Å². The first kappa shape index (κ1) is 16.1. The summed E-state index contributed by atoms with van der Waals surface area (Å²) in [6.45, 7) is 0. The van der Waals surface area contributed by atoms with Gasteiger partial charge in [0.25, 0.3) is 0 Å². The average Bonchev–Trinajstić information content (AvgIpc) is 2.56. The van der Waals surface area contributed by atoms with E-state index in [2.05, 4.69) is 72.8 Å². The first-order valence-electron chi connectivity index (χ1n) is 6.57. The molecule has 0 aliphatic rings. The zero-order chi connectivity index (χ0) is 13.8. The molecule has 0 heterocycles. The molecular formula is C18H17ClOSb. The van der Waals surface area contributed by atoms with E-state index in [9.17, 15) is 0 Å². The SMILES string of the molecule is O.[Cl][Sb]([c]1ccccc1)([c]1ccccc1)[c]1ccccc1. The molecule has 107 valence electrons. The molecule has 0 fully saturated rings. The fourth-order valence-corrected chi connectivity index (χ4v) is 12.2. The second kappa shape index (κ2) is 7.13. The summed E-state index contributed by atoms with van der Waals surface area (Å²) < 4.78 is 3.85. The zero-order valence-electron chi connectivity index (χ0n) is 11.5. The van der Waals surface area contributed by atoms with Crippen LogP contribution in [0, 0.1) is 0 Å². The van der Waals surface area contributed by atoms with Gasteiger partial charge in [-0.25, -0.2) is 0 Å². The van der Waals surface area contributed by atoms with Gasteiger partial charge in [0.2, 0.25) is 0 Å². The number of hydrogen-bond acceptors (Lipinski definition) is 0. The Morgan fingerprint density at radius 3 is 0.952 bits per heavy atom. The van der Waals surface area contributed by atoms with Crippen LogP contribution in [0.15, 0.2) is 91.0 Å². The predicted molar refractivity (Wildman–Crippen MR) is 93.4 cm³/mol. The van der Waals surface area contributed by atoms with Gasteiger partial charge in [-0.3, -0.25) is 0 Å². The Balaban J connectivity index is 0.00000161. The summed E-state index contributed by atoms with van der Waals surface area (Å²) in [4.78, 5) is 0. The van der Waals surface area contributed by atoms with E-state index in [4.69, 9.17) is 8.83 Å². The molecular weight excluding hydrogens is 389 g/mol. The molecule has 0 aliphatic carbocycles. The van der Waals surface area contributed by atoms with Gasteiger partial charge in [-0.15, -0.1) is 0 Å². The third-order valence-electron chi connectivity index (χ3n) is 3.34. The van der Waals surface area contributed by atoms with E-state index in [1.807, 2.05) is 18.2 Å². The van der Waals surface area contributed by atoms with Crippen LogP contribution >= 0.6 is 8.83 Å². The van der Waals surface area contributed by atoms with Crippen molar-refractivity contribution in [3.8, 4) is 0 Å². The van der Waals surface area contributed by atoms with E-state index in [-0.39, 0.29) is 5.48 Å². The van der Waals surface area contributed by atoms with Crippen molar-refractivity contribution >= 4 is 37.0 Å². The molecule has 0 spiro atoms. The van der Waals surface area contributed by atoms with Crippen molar-refractivity contribution in [2.45, 2.75) is 0 Å². The first-order valence-corrected chi connectivity index (χ1v) is 13.6. The topological polar surface area (TPSA) is 31.5 Å². The van der Waals surface area contributed by atoms with Gasteiger partial charge in [0.1, 0.15) is 0 Å². The standard InChI is InChI=1S/3C6H5.ClH.H2O.Sb/c3*1-2-4-6-5-3-1;;;/h3*1-5H;1H;1H2;/q;;;;;+1/p-1. The Morgan fingerprint density at radius 1 is 0.476 bits per heavy atom. The van der Waals surface area contributed by atoms with Crippen LogP contribution in [0.2, 0.25) is 0 Å². The molecule has 0 saturated heterocycles. The predicted octanol–water partition coefficient (Wildman–Crippen LogP) is 2.07. The molecule has 3 aromatic rings. The van der Waals surface area contributed by atoms with Gasteiger partial charge in [-0.1, -0.05) is 0 Å². The summed E-state index contributed by atoms with van der Waals surface area (Å²) in [5.41, 5.74) is 0. The maximum atomic E-state index is 7.32. The van der Waals surface area contributed by atoms with Crippen LogP contribution in [-0.2, 0) is 0 Å². The normalized spacial score (nSPS) is 10.7. The van der Waals surface area contributed by atoms with Crippen molar-refractivity contribution in [2.24, 2.45) is 0 Å². The number of halogens is 1. The van der Waals surface area contributed by atoms with Crippen molar-refractivity contribution in [2.75, 3.05) is 0 Å². The molecule has 3 rings (SSSR count). The van der Waals surface area contributed by atoms with Crippen LogP contribution in [0.3, 0.4) is 0 Å². The van der Waals surface area contributed by atoms with Crippen molar-refractivity contribution in [3.63, 3.8) is 0 Å². The molecule has 3 heteroatoms. The van der Waals surface area contributed by atoms with E-state index in [0.29, 0.717) is 0 Å². The van der Waals surface area contributed by atoms with Crippen LogP contribution in [0.25, 0.3) is 0 Å². The van der Waals surface area contributed by atoms with Crippen LogP contribution in [0.4, 0.5) is 0 Å². The molecule has 1 nitrogen and oxygen atoms in total. The number of benzene rings is 3. The fourth-order valence-electron chi connectivity index (χ4n) is 2.35. The van der Waals surface area contributed by atoms with Gasteiger partial charge in [-0.2, -0.15) is 0 Å². The quantitative estimate of drug-likeness (QED) is 0.597. The van der Waals surface area contributed by atoms with Crippen molar-refractivity contribution in [3.05, 3.63) is 91.0 Å². The molecule has 0 amide bonds.